The summed E-state index contributed by atoms with van der Waals surface area (Å²) in [6.45, 7) is 8.44. The van der Waals surface area contributed by atoms with Gasteiger partial charge in [-0.25, -0.2) is 9.59 Å². The minimum Gasteiger partial charge on any atom is -0.447 e. The van der Waals surface area contributed by atoms with Gasteiger partial charge in [0.2, 0.25) is 0 Å². The molecule has 170 valence electrons. The highest BCUT2D eigenvalue weighted by molar-refractivity contribution is 5.76. The summed E-state index contributed by atoms with van der Waals surface area (Å²) in [6.07, 6.45) is 9.03. The molecule has 0 aromatic heterocycles. The van der Waals surface area contributed by atoms with Crippen molar-refractivity contribution in [2.75, 3.05) is 39.8 Å². The van der Waals surface area contributed by atoms with E-state index in [9.17, 15) is 9.59 Å². The monoisotopic (exact) mass is 420 g/mol. The van der Waals surface area contributed by atoms with Gasteiger partial charge in [0, 0.05) is 57.9 Å². The van der Waals surface area contributed by atoms with Gasteiger partial charge in [0.25, 0.3) is 0 Å². The topological polar surface area (TPSA) is 56.3 Å². The van der Waals surface area contributed by atoms with Crippen molar-refractivity contribution >= 4 is 12.1 Å². The van der Waals surface area contributed by atoms with Crippen LogP contribution in [0.5, 0.6) is 0 Å². The number of hydrogen-bond donors (Lipinski definition) is 0. The Hall–Kier alpha value is -1.50. The van der Waals surface area contributed by atoms with Gasteiger partial charge in [0.05, 0.1) is 6.10 Å². The SMILES string of the molecule is CC(C)OC(=O)N1CCC(N2CCC(N3C(=O)N(C)C[C@H]4CCCC[C@@H]43)CC2)CC1. The fourth-order valence-corrected chi connectivity index (χ4v) is 6.18. The van der Waals surface area contributed by atoms with Gasteiger partial charge >= 0.3 is 12.1 Å². The standard InChI is InChI=1S/C23H40N4O3/c1-17(2)30-23(29)26-14-8-19(9-15-26)25-12-10-20(11-13-25)27-21-7-5-4-6-18(21)16-24(3)22(27)28/h17-21H,4-16H2,1-3H3/t18-,21+/m1/s1. The highest BCUT2D eigenvalue weighted by atomic mass is 16.6. The number of carbonyl (C=O) groups is 2. The second-order valence-corrected chi connectivity index (χ2v) is 10.1. The van der Waals surface area contributed by atoms with Gasteiger partial charge in [0.15, 0.2) is 0 Å². The van der Waals surface area contributed by atoms with Gasteiger partial charge in [-0.2, -0.15) is 0 Å². The van der Waals surface area contributed by atoms with E-state index in [4.69, 9.17) is 4.74 Å². The summed E-state index contributed by atoms with van der Waals surface area (Å²) in [6, 6.07) is 1.67. The van der Waals surface area contributed by atoms with Crippen LogP contribution in [0, 0.1) is 5.92 Å². The van der Waals surface area contributed by atoms with E-state index in [2.05, 4.69) is 9.80 Å². The number of fused-ring (bicyclic) bond motifs is 1. The van der Waals surface area contributed by atoms with E-state index in [0.29, 0.717) is 24.0 Å². The molecule has 4 aliphatic rings. The third-order valence-electron chi connectivity index (χ3n) is 7.75. The van der Waals surface area contributed by atoms with Gasteiger partial charge < -0.3 is 24.3 Å². The largest absolute Gasteiger partial charge is 0.447 e. The van der Waals surface area contributed by atoms with Gasteiger partial charge in [-0.3, -0.25) is 0 Å². The van der Waals surface area contributed by atoms with Crippen LogP contribution >= 0.6 is 0 Å². The third-order valence-corrected chi connectivity index (χ3v) is 7.75. The van der Waals surface area contributed by atoms with E-state index in [1.165, 1.54) is 25.7 Å². The lowest BCUT2D eigenvalue weighted by Crippen LogP contribution is -2.63. The van der Waals surface area contributed by atoms with Gasteiger partial charge in [-0.05, 0) is 58.3 Å². The number of ether oxygens (including phenoxy) is 1. The molecule has 3 heterocycles. The fraction of sp³-hybridized carbons (Fsp3) is 0.913. The van der Waals surface area contributed by atoms with E-state index < -0.39 is 0 Å². The first-order valence-corrected chi connectivity index (χ1v) is 12.2. The molecule has 0 radical (unpaired) electrons. The molecule has 0 unspecified atom stereocenters. The predicted octanol–water partition coefficient (Wildman–Crippen LogP) is 3.39. The number of likely N-dealkylation sites (tertiary alicyclic amines) is 2. The van der Waals surface area contributed by atoms with Crippen LogP contribution in [0.2, 0.25) is 0 Å². The molecule has 0 N–H and O–H groups in total. The Balaban J connectivity index is 1.29. The lowest BCUT2D eigenvalue weighted by molar-refractivity contribution is -0.000912. The zero-order chi connectivity index (χ0) is 21.3. The molecule has 7 heteroatoms. The van der Waals surface area contributed by atoms with Crippen molar-refractivity contribution in [1.82, 2.24) is 19.6 Å². The Morgan fingerprint density at radius 2 is 1.57 bits per heavy atom. The minimum atomic E-state index is -0.170. The number of nitrogens with zero attached hydrogens (tertiary/aromatic N) is 4. The lowest BCUT2D eigenvalue weighted by Gasteiger charge is -2.52. The number of urea groups is 1. The van der Waals surface area contributed by atoms with E-state index >= 15 is 0 Å². The molecule has 30 heavy (non-hydrogen) atoms. The summed E-state index contributed by atoms with van der Waals surface area (Å²) >= 11 is 0. The average molecular weight is 421 g/mol. The maximum atomic E-state index is 13.0. The molecule has 1 saturated carbocycles. The first kappa shape index (κ1) is 21.7. The van der Waals surface area contributed by atoms with E-state index in [-0.39, 0.29) is 18.2 Å². The summed E-state index contributed by atoms with van der Waals surface area (Å²) < 4.78 is 5.35. The van der Waals surface area contributed by atoms with Crippen molar-refractivity contribution in [3.63, 3.8) is 0 Å². The second-order valence-electron chi connectivity index (χ2n) is 10.1. The maximum Gasteiger partial charge on any atom is 0.410 e. The molecule has 0 spiro atoms. The maximum absolute atomic E-state index is 13.0. The molecule has 0 aromatic carbocycles. The van der Waals surface area contributed by atoms with E-state index in [1.807, 2.05) is 30.7 Å². The molecular weight excluding hydrogens is 380 g/mol. The smallest absolute Gasteiger partial charge is 0.410 e. The molecule has 3 aliphatic heterocycles. The van der Waals surface area contributed by atoms with Crippen LogP contribution in [0.1, 0.15) is 65.2 Å². The normalized spacial score (nSPS) is 30.0. The van der Waals surface area contributed by atoms with Crippen LogP contribution in [0.4, 0.5) is 9.59 Å². The molecule has 3 saturated heterocycles. The Labute approximate surface area is 181 Å². The van der Waals surface area contributed by atoms with Crippen molar-refractivity contribution < 1.29 is 14.3 Å². The number of hydrogen-bond acceptors (Lipinski definition) is 4. The van der Waals surface area contributed by atoms with E-state index in [0.717, 1.165) is 58.4 Å². The summed E-state index contributed by atoms with van der Waals surface area (Å²) in [5, 5.41) is 0. The molecule has 1 aliphatic carbocycles. The number of piperidine rings is 2. The molecule has 7 nitrogen and oxygen atoms in total. The number of rotatable bonds is 3. The molecule has 3 amide bonds. The number of amides is 3. The Bertz CT molecular complexity index is 612. The van der Waals surface area contributed by atoms with Gasteiger partial charge in [-0.1, -0.05) is 12.8 Å². The van der Waals surface area contributed by atoms with Crippen molar-refractivity contribution in [1.29, 1.82) is 0 Å². The van der Waals surface area contributed by atoms with Crippen LogP contribution in [-0.4, -0.2) is 95.7 Å². The quantitative estimate of drug-likeness (QED) is 0.702. The first-order chi connectivity index (χ1) is 14.4. The first-order valence-electron chi connectivity index (χ1n) is 12.2. The molecule has 0 bridgehead atoms. The highest BCUT2D eigenvalue weighted by Crippen LogP contribution is 2.36. The molecule has 2 atom stereocenters. The average Bonchev–Trinajstić information content (AvgIpc) is 2.74. The summed E-state index contributed by atoms with van der Waals surface area (Å²) in [5.41, 5.74) is 0. The van der Waals surface area contributed by atoms with Crippen molar-refractivity contribution in [2.24, 2.45) is 5.92 Å². The summed E-state index contributed by atoms with van der Waals surface area (Å²) in [7, 11) is 1.98. The fourth-order valence-electron chi connectivity index (χ4n) is 6.18. The molecule has 4 rings (SSSR count). The van der Waals surface area contributed by atoms with Crippen LogP contribution in [0.25, 0.3) is 0 Å². The molecule has 4 fully saturated rings. The molecular formula is C23H40N4O3. The Morgan fingerprint density at radius 3 is 2.23 bits per heavy atom. The Morgan fingerprint density at radius 1 is 0.933 bits per heavy atom. The predicted molar refractivity (Wildman–Crippen MR) is 116 cm³/mol. The highest BCUT2D eigenvalue weighted by Gasteiger charge is 2.44. The summed E-state index contributed by atoms with van der Waals surface area (Å²) in [5.74, 6) is 0.661. The van der Waals surface area contributed by atoms with Crippen molar-refractivity contribution in [2.45, 2.75) is 89.4 Å². The van der Waals surface area contributed by atoms with Crippen LogP contribution in [0.15, 0.2) is 0 Å². The van der Waals surface area contributed by atoms with Gasteiger partial charge in [-0.15, -0.1) is 0 Å². The van der Waals surface area contributed by atoms with Crippen LogP contribution < -0.4 is 0 Å². The lowest BCUT2D eigenvalue weighted by atomic mass is 9.80. The van der Waals surface area contributed by atoms with Gasteiger partial charge in [0.1, 0.15) is 0 Å². The second kappa shape index (κ2) is 9.33. The van der Waals surface area contributed by atoms with Crippen molar-refractivity contribution in [3.05, 3.63) is 0 Å². The van der Waals surface area contributed by atoms with Crippen molar-refractivity contribution in [3.8, 4) is 0 Å². The minimum absolute atomic E-state index is 0.0606. The zero-order valence-electron chi connectivity index (χ0n) is 19.1. The Kier molecular flexibility index (Phi) is 6.75. The zero-order valence-corrected chi connectivity index (χ0v) is 19.1. The summed E-state index contributed by atoms with van der Waals surface area (Å²) in [4.78, 5) is 33.9. The van der Waals surface area contributed by atoms with Crippen LogP contribution in [0.3, 0.4) is 0 Å². The third kappa shape index (κ3) is 4.56. The number of carbonyl (C=O) groups excluding carboxylic acids is 2. The van der Waals surface area contributed by atoms with E-state index in [1.54, 1.807) is 0 Å². The molecule has 0 aromatic rings. The van der Waals surface area contributed by atoms with Crippen LogP contribution in [-0.2, 0) is 4.74 Å².